The Hall–Kier alpha value is -2.34. The molecule has 0 radical (unpaired) electrons. The van der Waals surface area contributed by atoms with E-state index in [0.717, 1.165) is 6.07 Å². The number of hydrogen-bond acceptors (Lipinski definition) is 2. The van der Waals surface area contributed by atoms with Crippen LogP contribution in [0.1, 0.15) is 33.8 Å². The van der Waals surface area contributed by atoms with Gasteiger partial charge in [-0.3, -0.25) is 4.79 Å². The molecule has 2 aromatic carbocycles. The maximum Gasteiger partial charge on any atom is 0.416 e. The standard InChI is InChI=1S/C19H19F3N2O/c20-19(21,22)16-8-4-7-14(9-16)15-10-17(12-23-11-15)24-18(25)13-5-2-1-3-6-13/h1-9,15,17,23H,10-12H2,(H,24,25). The van der Waals surface area contributed by atoms with E-state index in [1.807, 2.05) is 6.07 Å². The third kappa shape index (κ3) is 4.39. The predicted octanol–water partition coefficient (Wildman–Crippen LogP) is 3.58. The quantitative estimate of drug-likeness (QED) is 0.890. The SMILES string of the molecule is O=C(NC1CNCC(c2cccc(C(F)(F)F)c2)C1)c1ccccc1. The van der Waals surface area contributed by atoms with E-state index in [9.17, 15) is 18.0 Å². The molecule has 3 nitrogen and oxygen atoms in total. The zero-order valence-electron chi connectivity index (χ0n) is 13.5. The molecule has 1 saturated heterocycles. The Morgan fingerprint density at radius 3 is 2.52 bits per heavy atom. The average Bonchev–Trinajstić information content (AvgIpc) is 2.62. The lowest BCUT2D eigenvalue weighted by atomic mass is 9.88. The maximum atomic E-state index is 12.9. The lowest BCUT2D eigenvalue weighted by Gasteiger charge is -2.31. The van der Waals surface area contributed by atoms with Gasteiger partial charge in [-0.1, -0.05) is 36.4 Å². The van der Waals surface area contributed by atoms with E-state index in [1.165, 1.54) is 12.1 Å². The first-order valence-corrected chi connectivity index (χ1v) is 8.17. The summed E-state index contributed by atoms with van der Waals surface area (Å²) in [5.74, 6) is -0.241. The van der Waals surface area contributed by atoms with Crippen molar-refractivity contribution >= 4 is 5.91 Å². The molecular weight excluding hydrogens is 329 g/mol. The summed E-state index contributed by atoms with van der Waals surface area (Å²) in [5, 5.41) is 6.16. The van der Waals surface area contributed by atoms with Gasteiger partial charge in [-0.25, -0.2) is 0 Å². The molecule has 0 saturated carbocycles. The van der Waals surface area contributed by atoms with Gasteiger partial charge in [-0.15, -0.1) is 0 Å². The lowest BCUT2D eigenvalue weighted by molar-refractivity contribution is -0.137. The van der Waals surface area contributed by atoms with Crippen molar-refractivity contribution in [1.29, 1.82) is 0 Å². The predicted molar refractivity (Wildman–Crippen MR) is 89.4 cm³/mol. The van der Waals surface area contributed by atoms with Crippen LogP contribution in [0.25, 0.3) is 0 Å². The molecule has 6 heteroatoms. The number of alkyl halides is 3. The van der Waals surface area contributed by atoms with Gasteiger partial charge in [-0.2, -0.15) is 13.2 Å². The van der Waals surface area contributed by atoms with Gasteiger partial charge in [0, 0.05) is 24.7 Å². The minimum absolute atomic E-state index is 0.0721. The fourth-order valence-electron chi connectivity index (χ4n) is 3.13. The highest BCUT2D eigenvalue weighted by Gasteiger charge is 2.32. The Balaban J connectivity index is 1.68. The number of amides is 1. The molecule has 0 spiro atoms. The first-order valence-electron chi connectivity index (χ1n) is 8.17. The fourth-order valence-corrected chi connectivity index (χ4v) is 3.13. The topological polar surface area (TPSA) is 41.1 Å². The van der Waals surface area contributed by atoms with Crippen molar-refractivity contribution in [2.24, 2.45) is 0 Å². The van der Waals surface area contributed by atoms with Crippen molar-refractivity contribution in [3.63, 3.8) is 0 Å². The summed E-state index contributed by atoms with van der Waals surface area (Å²) in [5.41, 5.74) is 0.574. The molecule has 1 amide bonds. The van der Waals surface area contributed by atoms with E-state index in [0.29, 0.717) is 30.6 Å². The molecule has 2 N–H and O–H groups in total. The second-order valence-corrected chi connectivity index (χ2v) is 6.25. The Kier molecular flexibility index (Phi) is 5.08. The zero-order valence-corrected chi connectivity index (χ0v) is 13.5. The van der Waals surface area contributed by atoms with E-state index in [-0.39, 0.29) is 17.9 Å². The highest BCUT2D eigenvalue weighted by molar-refractivity contribution is 5.94. The monoisotopic (exact) mass is 348 g/mol. The van der Waals surface area contributed by atoms with E-state index >= 15 is 0 Å². The molecule has 1 heterocycles. The molecule has 0 aromatic heterocycles. The lowest BCUT2D eigenvalue weighted by Crippen LogP contribution is -2.48. The number of carbonyl (C=O) groups excluding carboxylic acids is 1. The number of benzene rings is 2. The van der Waals surface area contributed by atoms with Crippen LogP contribution < -0.4 is 10.6 Å². The van der Waals surface area contributed by atoms with E-state index in [2.05, 4.69) is 10.6 Å². The average molecular weight is 348 g/mol. The van der Waals surface area contributed by atoms with Gasteiger partial charge in [0.15, 0.2) is 0 Å². The number of hydrogen-bond donors (Lipinski definition) is 2. The van der Waals surface area contributed by atoms with Crippen LogP contribution in [0.15, 0.2) is 54.6 Å². The Morgan fingerprint density at radius 2 is 1.80 bits per heavy atom. The summed E-state index contributed by atoms with van der Waals surface area (Å²) in [6.45, 7) is 1.20. The Bertz CT molecular complexity index is 731. The summed E-state index contributed by atoms with van der Waals surface area (Å²) >= 11 is 0. The van der Waals surface area contributed by atoms with Gasteiger partial charge >= 0.3 is 6.18 Å². The van der Waals surface area contributed by atoms with Gasteiger partial charge in [0.25, 0.3) is 5.91 Å². The number of piperidine rings is 1. The molecule has 1 aliphatic heterocycles. The van der Waals surface area contributed by atoms with Gasteiger partial charge in [-0.05, 0) is 36.1 Å². The summed E-state index contributed by atoms with van der Waals surface area (Å²) < 4.78 is 38.7. The third-order valence-electron chi connectivity index (χ3n) is 4.41. The van der Waals surface area contributed by atoms with E-state index < -0.39 is 11.7 Å². The molecule has 2 atom stereocenters. The van der Waals surface area contributed by atoms with Crippen LogP contribution >= 0.6 is 0 Å². The van der Waals surface area contributed by atoms with Crippen LogP contribution in [0, 0.1) is 0 Å². The van der Waals surface area contributed by atoms with Crippen molar-refractivity contribution in [2.75, 3.05) is 13.1 Å². The van der Waals surface area contributed by atoms with Gasteiger partial charge in [0.2, 0.25) is 0 Å². The normalized spacial score (nSPS) is 20.9. The molecular formula is C19H19F3N2O. The highest BCUT2D eigenvalue weighted by atomic mass is 19.4. The molecule has 2 unspecified atom stereocenters. The fraction of sp³-hybridized carbons (Fsp3) is 0.316. The number of nitrogens with one attached hydrogen (secondary N) is 2. The van der Waals surface area contributed by atoms with Crippen LogP contribution in [0.5, 0.6) is 0 Å². The van der Waals surface area contributed by atoms with Crippen LogP contribution in [0.2, 0.25) is 0 Å². The first-order chi connectivity index (χ1) is 11.9. The largest absolute Gasteiger partial charge is 0.416 e. The minimum atomic E-state index is -4.35. The van der Waals surface area contributed by atoms with Crippen LogP contribution in [-0.4, -0.2) is 25.0 Å². The second kappa shape index (κ2) is 7.27. The van der Waals surface area contributed by atoms with Crippen molar-refractivity contribution in [3.05, 3.63) is 71.3 Å². The summed E-state index contributed by atoms with van der Waals surface area (Å²) in [4.78, 5) is 12.3. The summed E-state index contributed by atoms with van der Waals surface area (Å²) in [7, 11) is 0. The van der Waals surface area contributed by atoms with Gasteiger partial charge < -0.3 is 10.6 Å². The smallest absolute Gasteiger partial charge is 0.348 e. The van der Waals surface area contributed by atoms with E-state index in [4.69, 9.17) is 0 Å². The summed E-state index contributed by atoms with van der Waals surface area (Å²) in [6.07, 6.45) is -3.74. The molecule has 1 fully saturated rings. The first kappa shape index (κ1) is 17.5. The van der Waals surface area contributed by atoms with Crippen molar-refractivity contribution in [2.45, 2.75) is 24.6 Å². The Labute approximate surface area is 144 Å². The molecule has 1 aliphatic rings. The number of carbonyl (C=O) groups is 1. The van der Waals surface area contributed by atoms with Gasteiger partial charge in [0.1, 0.15) is 0 Å². The molecule has 0 aliphatic carbocycles. The zero-order chi connectivity index (χ0) is 17.9. The van der Waals surface area contributed by atoms with Crippen molar-refractivity contribution < 1.29 is 18.0 Å². The van der Waals surface area contributed by atoms with Gasteiger partial charge in [0.05, 0.1) is 5.56 Å². The minimum Gasteiger partial charge on any atom is -0.348 e. The van der Waals surface area contributed by atoms with E-state index in [1.54, 1.807) is 30.3 Å². The van der Waals surface area contributed by atoms with Crippen molar-refractivity contribution in [3.8, 4) is 0 Å². The third-order valence-corrected chi connectivity index (χ3v) is 4.41. The van der Waals surface area contributed by atoms with Crippen LogP contribution in [0.4, 0.5) is 13.2 Å². The Morgan fingerprint density at radius 1 is 1.04 bits per heavy atom. The maximum absolute atomic E-state index is 12.9. The van der Waals surface area contributed by atoms with Crippen molar-refractivity contribution in [1.82, 2.24) is 10.6 Å². The van der Waals surface area contributed by atoms with Crippen LogP contribution in [0.3, 0.4) is 0 Å². The second-order valence-electron chi connectivity index (χ2n) is 6.25. The molecule has 25 heavy (non-hydrogen) atoms. The summed E-state index contributed by atoms with van der Waals surface area (Å²) in [6, 6.07) is 14.2. The molecule has 3 rings (SSSR count). The molecule has 132 valence electrons. The molecule has 2 aromatic rings. The van der Waals surface area contributed by atoms with Crippen LogP contribution in [-0.2, 0) is 6.18 Å². The highest BCUT2D eigenvalue weighted by Crippen LogP contribution is 2.32. The number of halogens is 3. The number of rotatable bonds is 3. The molecule has 0 bridgehead atoms.